The molecule has 3 aromatic rings. The Labute approximate surface area is 190 Å². The van der Waals surface area contributed by atoms with E-state index < -0.39 is 6.09 Å². The largest absolute Gasteiger partial charge is 0.486 e. The monoisotopic (exact) mass is 447 g/mol. The van der Waals surface area contributed by atoms with Gasteiger partial charge < -0.3 is 23.7 Å². The Balaban J connectivity index is 1.17. The predicted octanol–water partition coefficient (Wildman–Crippen LogP) is 2.80. The van der Waals surface area contributed by atoms with Gasteiger partial charge in [0.2, 0.25) is 5.88 Å². The number of carbonyl (C=O) groups excluding carboxylic acids is 1. The molecule has 5 rings (SSSR count). The van der Waals surface area contributed by atoms with Crippen LogP contribution in [0.4, 0.5) is 10.5 Å². The van der Waals surface area contributed by atoms with Crippen molar-refractivity contribution in [2.75, 3.05) is 45.0 Å². The van der Waals surface area contributed by atoms with Crippen LogP contribution in [0.1, 0.15) is 5.56 Å². The van der Waals surface area contributed by atoms with Gasteiger partial charge in [-0.25, -0.2) is 9.78 Å². The number of hydrogen-bond donors (Lipinski definition) is 0. The zero-order chi connectivity index (χ0) is 22.6. The molecule has 33 heavy (non-hydrogen) atoms. The second-order valence-electron chi connectivity index (χ2n) is 7.34. The summed E-state index contributed by atoms with van der Waals surface area (Å²) in [5.41, 5.74) is 2.84. The number of nitrogens with zero attached hydrogens (tertiary/aromatic N) is 3. The molecule has 9 nitrogen and oxygen atoms in total. The molecule has 4 heterocycles. The minimum atomic E-state index is -0.422. The Morgan fingerprint density at radius 2 is 2.03 bits per heavy atom. The lowest BCUT2D eigenvalue weighted by atomic mass is 10.2. The molecule has 168 valence electrons. The van der Waals surface area contributed by atoms with E-state index in [1.54, 1.807) is 42.5 Å². The van der Waals surface area contributed by atoms with Gasteiger partial charge in [-0.2, -0.15) is 0 Å². The Morgan fingerprint density at radius 1 is 1.15 bits per heavy atom. The molecule has 0 saturated carbocycles. The first kappa shape index (κ1) is 20.8. The first-order chi connectivity index (χ1) is 16.2. The summed E-state index contributed by atoms with van der Waals surface area (Å²) >= 11 is 0. The maximum atomic E-state index is 12.3. The van der Waals surface area contributed by atoms with Crippen molar-refractivity contribution >= 4 is 22.8 Å². The zero-order valence-electron chi connectivity index (χ0n) is 17.9. The molecule has 9 heteroatoms. The molecule has 0 bridgehead atoms. The molecule has 0 radical (unpaired) electrons. The van der Waals surface area contributed by atoms with E-state index in [4.69, 9.17) is 23.7 Å². The van der Waals surface area contributed by atoms with Gasteiger partial charge in [0, 0.05) is 18.3 Å². The van der Waals surface area contributed by atoms with Crippen molar-refractivity contribution in [1.82, 2.24) is 9.97 Å². The van der Waals surface area contributed by atoms with Crippen LogP contribution in [0.3, 0.4) is 0 Å². The summed E-state index contributed by atoms with van der Waals surface area (Å²) in [5.74, 6) is 7.83. The SMILES string of the molecule is COc1ccc2nccc(C#CCOCC3CN(c4ccc5c(c4)OCCO5)C(=O)O3)c2n1. The quantitative estimate of drug-likeness (QED) is 0.436. The number of amides is 1. The fourth-order valence-corrected chi connectivity index (χ4v) is 3.61. The van der Waals surface area contributed by atoms with Crippen LogP contribution >= 0.6 is 0 Å². The van der Waals surface area contributed by atoms with Crippen molar-refractivity contribution in [2.45, 2.75) is 6.10 Å². The number of anilines is 1. The fraction of sp³-hybridized carbons (Fsp3) is 0.292. The predicted molar refractivity (Wildman–Crippen MR) is 119 cm³/mol. The number of ether oxygens (including phenoxy) is 5. The van der Waals surface area contributed by atoms with Crippen molar-refractivity contribution in [3.8, 4) is 29.2 Å². The molecule has 0 N–H and O–H groups in total. The number of pyridine rings is 2. The van der Waals surface area contributed by atoms with E-state index in [1.807, 2.05) is 12.1 Å². The van der Waals surface area contributed by atoms with Crippen LogP contribution in [0.2, 0.25) is 0 Å². The Kier molecular flexibility index (Phi) is 5.83. The van der Waals surface area contributed by atoms with E-state index in [1.165, 1.54) is 0 Å². The van der Waals surface area contributed by atoms with Gasteiger partial charge in [-0.05, 0) is 24.3 Å². The van der Waals surface area contributed by atoms with Crippen LogP contribution in [0, 0.1) is 11.8 Å². The summed E-state index contributed by atoms with van der Waals surface area (Å²) in [5, 5.41) is 0. The Morgan fingerprint density at radius 3 is 2.91 bits per heavy atom. The Hall–Kier alpha value is -4.03. The Bertz CT molecular complexity index is 1250. The van der Waals surface area contributed by atoms with Gasteiger partial charge in [0.25, 0.3) is 0 Å². The van der Waals surface area contributed by atoms with Crippen LogP contribution < -0.4 is 19.1 Å². The van der Waals surface area contributed by atoms with Crippen molar-refractivity contribution in [2.24, 2.45) is 0 Å². The summed E-state index contributed by atoms with van der Waals surface area (Å²) in [6.07, 6.45) is 0.876. The van der Waals surface area contributed by atoms with Gasteiger partial charge in [-0.15, -0.1) is 0 Å². The van der Waals surface area contributed by atoms with Gasteiger partial charge in [0.15, 0.2) is 11.5 Å². The van der Waals surface area contributed by atoms with Crippen molar-refractivity contribution in [3.63, 3.8) is 0 Å². The third-order valence-corrected chi connectivity index (χ3v) is 5.18. The van der Waals surface area contributed by atoms with Crippen LogP contribution in [0.5, 0.6) is 17.4 Å². The minimum absolute atomic E-state index is 0.186. The normalized spacial score (nSPS) is 16.8. The molecule has 1 saturated heterocycles. The van der Waals surface area contributed by atoms with Gasteiger partial charge in [0.1, 0.15) is 31.4 Å². The average Bonchev–Trinajstić information content (AvgIpc) is 3.23. The molecule has 1 aromatic carbocycles. The van der Waals surface area contributed by atoms with Gasteiger partial charge in [0.05, 0.1) is 37.0 Å². The molecule has 2 aliphatic rings. The van der Waals surface area contributed by atoms with E-state index in [0.29, 0.717) is 48.3 Å². The van der Waals surface area contributed by atoms with Crippen LogP contribution in [0.25, 0.3) is 11.0 Å². The molecule has 1 atom stereocenters. The molecule has 1 fully saturated rings. The second kappa shape index (κ2) is 9.22. The standard InChI is InChI=1S/C24H21N3O6/c1-29-22-7-5-19-23(26-22)16(8-9-25-19)3-2-10-30-15-18-14-27(24(28)33-18)17-4-6-20-21(13-17)32-12-11-31-20/h4-9,13,18H,10-12,14-15H2,1H3. The number of methoxy groups -OCH3 is 1. The van der Waals surface area contributed by atoms with Gasteiger partial charge in [-0.3, -0.25) is 9.88 Å². The number of fused-ring (bicyclic) bond motifs is 2. The topological polar surface area (TPSA) is 92.2 Å². The lowest BCUT2D eigenvalue weighted by Crippen LogP contribution is -2.26. The number of rotatable bonds is 5. The third-order valence-electron chi connectivity index (χ3n) is 5.18. The van der Waals surface area contributed by atoms with E-state index in [-0.39, 0.29) is 19.3 Å². The summed E-state index contributed by atoms with van der Waals surface area (Å²) in [7, 11) is 1.56. The van der Waals surface area contributed by atoms with E-state index in [0.717, 1.165) is 11.1 Å². The number of hydrogen-bond acceptors (Lipinski definition) is 8. The molecule has 2 aliphatic heterocycles. The third kappa shape index (κ3) is 4.47. The van der Waals surface area contributed by atoms with E-state index in [9.17, 15) is 4.79 Å². The maximum absolute atomic E-state index is 12.3. The fourth-order valence-electron chi connectivity index (χ4n) is 3.61. The molecule has 1 amide bonds. The van der Waals surface area contributed by atoms with Crippen LogP contribution in [0.15, 0.2) is 42.6 Å². The van der Waals surface area contributed by atoms with E-state index >= 15 is 0 Å². The van der Waals surface area contributed by atoms with Crippen molar-refractivity contribution < 1.29 is 28.5 Å². The number of carbonyl (C=O) groups is 1. The smallest absolute Gasteiger partial charge is 0.414 e. The average molecular weight is 447 g/mol. The lowest BCUT2D eigenvalue weighted by Gasteiger charge is -2.20. The summed E-state index contributed by atoms with van der Waals surface area (Å²) < 4.78 is 27.4. The zero-order valence-corrected chi connectivity index (χ0v) is 17.9. The number of cyclic esters (lactones) is 1. The first-order valence-corrected chi connectivity index (χ1v) is 10.5. The molecular formula is C24H21N3O6. The summed E-state index contributed by atoms with van der Waals surface area (Å²) in [6, 6.07) is 10.8. The number of aromatic nitrogens is 2. The molecular weight excluding hydrogens is 426 g/mol. The van der Waals surface area contributed by atoms with Gasteiger partial charge in [-0.1, -0.05) is 11.8 Å². The summed E-state index contributed by atoms with van der Waals surface area (Å²) in [6.45, 7) is 1.81. The minimum Gasteiger partial charge on any atom is -0.486 e. The highest BCUT2D eigenvalue weighted by Crippen LogP contribution is 2.35. The van der Waals surface area contributed by atoms with Crippen molar-refractivity contribution in [1.29, 1.82) is 0 Å². The lowest BCUT2D eigenvalue weighted by molar-refractivity contribution is 0.0598. The first-order valence-electron chi connectivity index (χ1n) is 10.5. The maximum Gasteiger partial charge on any atom is 0.414 e. The highest BCUT2D eigenvalue weighted by Gasteiger charge is 2.33. The van der Waals surface area contributed by atoms with Crippen LogP contribution in [-0.4, -0.2) is 62.2 Å². The highest BCUT2D eigenvalue weighted by molar-refractivity contribution is 5.90. The molecule has 2 aromatic heterocycles. The highest BCUT2D eigenvalue weighted by atomic mass is 16.6. The van der Waals surface area contributed by atoms with E-state index in [2.05, 4.69) is 21.8 Å². The molecule has 0 aliphatic carbocycles. The summed E-state index contributed by atoms with van der Waals surface area (Å²) in [4.78, 5) is 22.6. The van der Waals surface area contributed by atoms with Gasteiger partial charge >= 0.3 is 6.09 Å². The second-order valence-corrected chi connectivity index (χ2v) is 7.34. The molecule has 1 unspecified atom stereocenters. The van der Waals surface area contributed by atoms with Crippen LogP contribution in [-0.2, 0) is 9.47 Å². The van der Waals surface area contributed by atoms with Crippen molar-refractivity contribution in [3.05, 3.63) is 48.2 Å². The number of benzene rings is 1. The molecule has 0 spiro atoms.